The fraction of sp³-hybridized carbons (Fsp3) is 0.118. The molecule has 2 heterocycles. The van der Waals surface area contributed by atoms with Crippen LogP contribution in [-0.2, 0) is 0 Å². The third kappa shape index (κ3) is 3.24. The van der Waals surface area contributed by atoms with Gasteiger partial charge in [-0.25, -0.2) is 9.78 Å². The van der Waals surface area contributed by atoms with E-state index in [1.54, 1.807) is 18.6 Å². The molecule has 0 fully saturated rings. The van der Waals surface area contributed by atoms with Crippen LogP contribution < -0.4 is 10.6 Å². The van der Waals surface area contributed by atoms with E-state index >= 15 is 0 Å². The van der Waals surface area contributed by atoms with Crippen molar-refractivity contribution in [1.29, 1.82) is 0 Å². The summed E-state index contributed by atoms with van der Waals surface area (Å²) in [6.07, 6.45) is 5.18. The van der Waals surface area contributed by atoms with Gasteiger partial charge in [0.05, 0.1) is 0 Å². The summed E-state index contributed by atoms with van der Waals surface area (Å²) >= 11 is 6.27. The number of pyridine rings is 2. The monoisotopic (exact) mass is 326 g/mol. The zero-order valence-electron chi connectivity index (χ0n) is 12.5. The Bertz CT molecular complexity index is 852. The maximum Gasteiger partial charge on any atom is 0.320 e. The van der Waals surface area contributed by atoms with Crippen molar-refractivity contribution < 1.29 is 4.79 Å². The minimum Gasteiger partial charge on any atom is -0.338 e. The van der Waals surface area contributed by atoms with Gasteiger partial charge in [0.15, 0.2) is 0 Å². The molecule has 0 atom stereocenters. The van der Waals surface area contributed by atoms with Gasteiger partial charge in [-0.1, -0.05) is 23.7 Å². The number of carbonyl (C=O) groups excluding carboxylic acids is 1. The summed E-state index contributed by atoms with van der Waals surface area (Å²) in [6, 6.07) is 9.17. The number of nitrogens with one attached hydrogen (secondary N) is 2. The molecule has 2 aromatic heterocycles. The Hall–Kier alpha value is -2.66. The molecule has 0 aliphatic rings. The maximum atomic E-state index is 11.7. The summed E-state index contributed by atoms with van der Waals surface area (Å²) < 4.78 is 0. The summed E-state index contributed by atoms with van der Waals surface area (Å²) in [5.41, 5.74) is 1.96. The molecular weight excluding hydrogens is 312 g/mol. The van der Waals surface area contributed by atoms with E-state index in [0.29, 0.717) is 17.4 Å². The van der Waals surface area contributed by atoms with Crippen molar-refractivity contribution in [2.75, 3.05) is 11.9 Å². The van der Waals surface area contributed by atoms with E-state index in [4.69, 9.17) is 11.6 Å². The molecule has 2 amide bonds. The van der Waals surface area contributed by atoms with Crippen LogP contribution in [0.15, 0.2) is 48.9 Å². The fourth-order valence-electron chi connectivity index (χ4n) is 2.37. The molecule has 6 heteroatoms. The van der Waals surface area contributed by atoms with Crippen molar-refractivity contribution in [2.45, 2.75) is 6.92 Å². The number of benzene rings is 1. The van der Waals surface area contributed by atoms with Crippen LogP contribution in [-0.4, -0.2) is 22.5 Å². The molecule has 0 bridgehead atoms. The van der Waals surface area contributed by atoms with Crippen molar-refractivity contribution in [1.82, 2.24) is 15.3 Å². The maximum absolute atomic E-state index is 11.7. The topological polar surface area (TPSA) is 66.9 Å². The first kappa shape index (κ1) is 15.2. The van der Waals surface area contributed by atoms with Gasteiger partial charge in [0.25, 0.3) is 0 Å². The first-order chi connectivity index (χ1) is 11.2. The fourth-order valence-corrected chi connectivity index (χ4v) is 2.58. The lowest BCUT2D eigenvalue weighted by molar-refractivity contribution is 0.252. The highest BCUT2D eigenvalue weighted by atomic mass is 35.5. The Morgan fingerprint density at radius 3 is 2.83 bits per heavy atom. The first-order valence-electron chi connectivity index (χ1n) is 7.22. The molecule has 0 spiro atoms. The number of hydrogen-bond acceptors (Lipinski definition) is 3. The molecule has 5 nitrogen and oxygen atoms in total. The Kier molecular flexibility index (Phi) is 4.39. The highest BCUT2D eigenvalue weighted by Gasteiger charge is 2.10. The number of urea groups is 1. The SMILES string of the molecule is CCNC(=O)Nc1cc2c(-c3cccnc3)ccc(Cl)c2cn1. The minimum atomic E-state index is -0.288. The Morgan fingerprint density at radius 2 is 2.09 bits per heavy atom. The lowest BCUT2D eigenvalue weighted by atomic mass is 10.0. The van der Waals surface area contributed by atoms with Crippen LogP contribution in [0.5, 0.6) is 0 Å². The number of hydrogen-bond donors (Lipinski definition) is 2. The van der Waals surface area contributed by atoms with Crippen molar-refractivity contribution in [3.63, 3.8) is 0 Å². The minimum absolute atomic E-state index is 0.288. The van der Waals surface area contributed by atoms with Crippen LogP contribution in [0.25, 0.3) is 21.9 Å². The summed E-state index contributed by atoms with van der Waals surface area (Å²) in [7, 11) is 0. The smallest absolute Gasteiger partial charge is 0.320 e. The Balaban J connectivity index is 2.10. The number of rotatable bonds is 3. The average Bonchev–Trinajstić information content (AvgIpc) is 2.56. The zero-order chi connectivity index (χ0) is 16.2. The van der Waals surface area contributed by atoms with Gasteiger partial charge in [0.2, 0.25) is 0 Å². The van der Waals surface area contributed by atoms with E-state index in [-0.39, 0.29) is 6.03 Å². The largest absolute Gasteiger partial charge is 0.338 e. The number of aromatic nitrogens is 2. The molecule has 0 saturated carbocycles. The highest BCUT2D eigenvalue weighted by Crippen LogP contribution is 2.33. The van der Waals surface area contributed by atoms with Crippen LogP contribution in [0, 0.1) is 0 Å². The number of carbonyl (C=O) groups is 1. The number of anilines is 1. The van der Waals surface area contributed by atoms with Gasteiger partial charge in [-0.2, -0.15) is 0 Å². The second-order valence-electron chi connectivity index (χ2n) is 4.94. The van der Waals surface area contributed by atoms with Gasteiger partial charge in [-0.05, 0) is 36.1 Å². The first-order valence-corrected chi connectivity index (χ1v) is 7.60. The van der Waals surface area contributed by atoms with Gasteiger partial charge in [0.1, 0.15) is 5.82 Å². The summed E-state index contributed by atoms with van der Waals surface area (Å²) in [5.74, 6) is 0.468. The highest BCUT2D eigenvalue weighted by molar-refractivity contribution is 6.36. The van der Waals surface area contributed by atoms with Gasteiger partial charge >= 0.3 is 6.03 Å². The van der Waals surface area contributed by atoms with Crippen LogP contribution in [0.3, 0.4) is 0 Å². The van der Waals surface area contributed by atoms with E-state index in [0.717, 1.165) is 21.9 Å². The van der Waals surface area contributed by atoms with Gasteiger partial charge in [-0.3, -0.25) is 10.3 Å². The second kappa shape index (κ2) is 6.62. The summed E-state index contributed by atoms with van der Waals surface area (Å²) in [5, 5.41) is 7.74. The van der Waals surface area contributed by atoms with Gasteiger partial charge in [0, 0.05) is 41.1 Å². The van der Waals surface area contributed by atoms with Crippen LogP contribution >= 0.6 is 11.6 Å². The lowest BCUT2D eigenvalue weighted by Crippen LogP contribution is -2.28. The Morgan fingerprint density at radius 1 is 1.22 bits per heavy atom. The standard InChI is InChI=1S/C17H15ClN4O/c1-2-20-17(23)22-16-8-13-12(11-4-3-7-19-9-11)5-6-15(18)14(13)10-21-16/h3-10H,2H2,1H3,(H2,20,21,22,23). The molecule has 1 aromatic carbocycles. The van der Waals surface area contributed by atoms with E-state index in [1.807, 2.05) is 37.3 Å². The van der Waals surface area contributed by atoms with Crippen LogP contribution in [0.2, 0.25) is 5.02 Å². The predicted molar refractivity (Wildman–Crippen MR) is 92.7 cm³/mol. The lowest BCUT2D eigenvalue weighted by Gasteiger charge is -2.10. The summed E-state index contributed by atoms with van der Waals surface area (Å²) in [6.45, 7) is 2.40. The quantitative estimate of drug-likeness (QED) is 0.761. The van der Waals surface area contributed by atoms with Crippen LogP contribution in [0.4, 0.5) is 10.6 Å². The number of halogens is 1. The van der Waals surface area contributed by atoms with E-state index in [1.165, 1.54) is 0 Å². The van der Waals surface area contributed by atoms with E-state index in [9.17, 15) is 4.79 Å². The molecule has 0 aliphatic heterocycles. The zero-order valence-corrected chi connectivity index (χ0v) is 13.3. The molecule has 116 valence electrons. The molecule has 3 aromatic rings. The Labute approximate surface area is 138 Å². The molecule has 3 rings (SSSR count). The predicted octanol–water partition coefficient (Wildman–Crippen LogP) is 4.09. The number of amides is 2. The third-order valence-electron chi connectivity index (χ3n) is 3.40. The average molecular weight is 327 g/mol. The van der Waals surface area contributed by atoms with Gasteiger partial charge in [-0.15, -0.1) is 0 Å². The van der Waals surface area contributed by atoms with Crippen molar-refractivity contribution in [2.24, 2.45) is 0 Å². The molecule has 0 unspecified atom stereocenters. The normalized spacial score (nSPS) is 10.5. The van der Waals surface area contributed by atoms with Gasteiger partial charge < -0.3 is 5.32 Å². The van der Waals surface area contributed by atoms with Crippen molar-refractivity contribution in [3.05, 3.63) is 53.9 Å². The molecule has 23 heavy (non-hydrogen) atoms. The molecule has 0 saturated heterocycles. The van der Waals surface area contributed by atoms with E-state index in [2.05, 4.69) is 20.6 Å². The third-order valence-corrected chi connectivity index (χ3v) is 3.73. The van der Waals surface area contributed by atoms with Crippen molar-refractivity contribution >= 4 is 34.2 Å². The molecule has 0 aliphatic carbocycles. The summed E-state index contributed by atoms with van der Waals surface area (Å²) in [4.78, 5) is 20.1. The molecule has 2 N–H and O–H groups in total. The van der Waals surface area contributed by atoms with Crippen molar-refractivity contribution in [3.8, 4) is 11.1 Å². The molecular formula is C17H15ClN4O. The van der Waals surface area contributed by atoms with E-state index < -0.39 is 0 Å². The second-order valence-corrected chi connectivity index (χ2v) is 5.34. The number of fused-ring (bicyclic) bond motifs is 1. The number of nitrogens with zero attached hydrogens (tertiary/aromatic N) is 2. The van der Waals surface area contributed by atoms with Crippen LogP contribution in [0.1, 0.15) is 6.92 Å². The molecule has 0 radical (unpaired) electrons.